The molecule has 0 saturated carbocycles. The molecular weight excluding hydrogens is 460 g/mol. The molecule has 2 amide bonds. The smallest absolute Gasteiger partial charge is 0.326 e. The summed E-state index contributed by atoms with van der Waals surface area (Å²) in [4.78, 5) is 56.1. The number of carboxylic acid groups (broad SMARTS) is 1. The fourth-order valence-corrected chi connectivity index (χ4v) is 3.95. The summed E-state index contributed by atoms with van der Waals surface area (Å²) in [6.07, 6.45) is 0.180. The Hall–Kier alpha value is -2.81. The maximum absolute atomic E-state index is 13.5. The monoisotopic (exact) mass is 500 g/mol. The third-order valence-electron chi connectivity index (χ3n) is 5.99. The van der Waals surface area contributed by atoms with E-state index in [-0.39, 0.29) is 38.3 Å². The van der Waals surface area contributed by atoms with Crippen molar-refractivity contribution in [1.29, 1.82) is 0 Å². The minimum Gasteiger partial charge on any atom is -0.480 e. The Balaban J connectivity index is 3.04. The Morgan fingerprint density at radius 2 is 1.86 bits per heavy atom. The quantitative estimate of drug-likeness (QED) is 0.0477. The number of amides is 2. The third kappa shape index (κ3) is 8.42. The van der Waals surface area contributed by atoms with Crippen molar-refractivity contribution < 1.29 is 29.4 Å². The zero-order valence-electron chi connectivity index (χ0n) is 20.2. The first-order chi connectivity index (χ1) is 16.4. The second-order valence-electron chi connectivity index (χ2n) is 8.89. The van der Waals surface area contributed by atoms with E-state index in [1.807, 2.05) is 0 Å². The molecule has 0 radical (unpaired) electrons. The molecule has 1 saturated heterocycles. The molecule has 1 aliphatic heterocycles. The highest BCUT2D eigenvalue weighted by atomic mass is 16.4. The summed E-state index contributed by atoms with van der Waals surface area (Å²) < 4.78 is 0. The first-order valence-electron chi connectivity index (χ1n) is 11.7. The molecular formula is C21H40N8O6. The van der Waals surface area contributed by atoms with Gasteiger partial charge in [0.05, 0.1) is 0 Å². The maximum Gasteiger partial charge on any atom is 0.326 e. The fraction of sp³-hybridized carbons (Fsp3) is 0.762. The van der Waals surface area contributed by atoms with Crippen LogP contribution >= 0.6 is 0 Å². The zero-order valence-corrected chi connectivity index (χ0v) is 20.2. The van der Waals surface area contributed by atoms with Gasteiger partial charge in [0.15, 0.2) is 17.3 Å². The van der Waals surface area contributed by atoms with Gasteiger partial charge in [-0.25, -0.2) is 4.79 Å². The van der Waals surface area contributed by atoms with E-state index in [0.29, 0.717) is 32.2 Å². The van der Waals surface area contributed by atoms with Gasteiger partial charge in [0.1, 0.15) is 18.2 Å². The van der Waals surface area contributed by atoms with Gasteiger partial charge in [-0.05, 0) is 58.4 Å². The number of rotatable bonds is 15. The van der Waals surface area contributed by atoms with Gasteiger partial charge in [0.25, 0.3) is 5.91 Å². The van der Waals surface area contributed by atoms with Crippen LogP contribution in [0.25, 0.3) is 0 Å². The average molecular weight is 501 g/mol. The molecule has 0 aliphatic carbocycles. The highest BCUT2D eigenvalue weighted by Gasteiger charge is 2.50. The van der Waals surface area contributed by atoms with Crippen LogP contribution in [0.2, 0.25) is 0 Å². The van der Waals surface area contributed by atoms with Crippen LogP contribution in [0.5, 0.6) is 0 Å². The molecule has 200 valence electrons. The van der Waals surface area contributed by atoms with Crippen LogP contribution in [-0.2, 0) is 19.2 Å². The highest BCUT2D eigenvalue weighted by Crippen LogP contribution is 2.26. The summed E-state index contributed by atoms with van der Waals surface area (Å²) in [5.74, 6) is -3.78. The van der Waals surface area contributed by atoms with Crippen LogP contribution < -0.4 is 34.0 Å². The van der Waals surface area contributed by atoms with Crippen molar-refractivity contribution in [3.63, 3.8) is 0 Å². The first kappa shape index (κ1) is 30.2. The van der Waals surface area contributed by atoms with E-state index in [9.17, 15) is 29.4 Å². The van der Waals surface area contributed by atoms with Gasteiger partial charge in [-0.1, -0.05) is 0 Å². The topological polar surface area (TPSA) is 266 Å². The summed E-state index contributed by atoms with van der Waals surface area (Å²) >= 11 is 0. The van der Waals surface area contributed by atoms with E-state index in [1.54, 1.807) is 0 Å². The lowest BCUT2D eigenvalue weighted by Gasteiger charge is -2.35. The van der Waals surface area contributed by atoms with Gasteiger partial charge >= 0.3 is 5.97 Å². The number of carbonyl (C=O) groups is 4. The number of nitrogens with zero attached hydrogens (tertiary/aromatic N) is 2. The second-order valence-corrected chi connectivity index (χ2v) is 8.89. The largest absolute Gasteiger partial charge is 0.480 e. The van der Waals surface area contributed by atoms with Gasteiger partial charge in [-0.15, -0.1) is 0 Å². The molecule has 0 aromatic heterocycles. The number of Topliss-reactive ketones (excluding diaryl/α,β-unsaturated/α-hetero) is 1. The van der Waals surface area contributed by atoms with Crippen molar-refractivity contribution in [2.45, 2.75) is 81.6 Å². The summed E-state index contributed by atoms with van der Waals surface area (Å²) in [6, 6.07) is -3.19. The lowest BCUT2D eigenvalue weighted by Crippen LogP contribution is -2.66. The molecule has 0 unspecified atom stereocenters. The van der Waals surface area contributed by atoms with Crippen molar-refractivity contribution in [2.24, 2.45) is 33.7 Å². The van der Waals surface area contributed by atoms with Crippen LogP contribution in [0.3, 0.4) is 0 Å². The Bertz CT molecular complexity index is 788. The summed E-state index contributed by atoms with van der Waals surface area (Å²) in [6.45, 7) is 2.08. The van der Waals surface area contributed by atoms with Crippen LogP contribution in [-0.4, -0.2) is 94.0 Å². The second kappa shape index (κ2) is 13.9. The number of ketones is 1. The number of likely N-dealkylation sites (tertiary alicyclic amines) is 1. The predicted octanol–water partition coefficient (Wildman–Crippen LogP) is -3.30. The molecule has 0 bridgehead atoms. The third-order valence-corrected chi connectivity index (χ3v) is 5.99. The lowest BCUT2D eigenvalue weighted by atomic mass is 9.83. The number of hydrogen-bond donors (Lipinski definition) is 8. The van der Waals surface area contributed by atoms with E-state index in [4.69, 9.17) is 28.7 Å². The number of carboxylic acids is 1. The number of aliphatic carboxylic acids is 1. The molecule has 0 aromatic carbocycles. The Morgan fingerprint density at radius 3 is 2.40 bits per heavy atom. The summed E-state index contributed by atoms with van der Waals surface area (Å²) in [5.41, 5.74) is 25.9. The first-order valence-corrected chi connectivity index (χ1v) is 11.7. The minimum atomic E-state index is -2.10. The standard InChI is InChI=1S/C21H40N8O6/c1-12(23)15(30)16(31)21(26,8-2-3-9-22)19(35)29-11-5-7-14(29)17(32)28-13(18(33)34)6-4-10-27-20(24)25/h12-15,30H,2-11,22-23,26H2,1H3,(H,28,32)(H,33,34)(H4,24,25,27)/t12-,13+,14+,15+,21+/m1/s1. The molecule has 35 heavy (non-hydrogen) atoms. The summed E-state index contributed by atoms with van der Waals surface area (Å²) in [5, 5.41) is 22.2. The molecule has 14 heteroatoms. The van der Waals surface area contributed by atoms with Crippen molar-refractivity contribution >= 4 is 29.5 Å². The lowest BCUT2D eigenvalue weighted by molar-refractivity contribution is -0.151. The number of aliphatic hydroxyl groups is 1. The van der Waals surface area contributed by atoms with E-state index in [1.165, 1.54) is 11.8 Å². The SMILES string of the molecule is C[C@@H](N)[C@H](O)C(=O)[C@@](N)(CCCCN)C(=O)N1CCC[C@H]1C(=O)N[C@@H](CCCN=C(N)N)C(=O)O. The van der Waals surface area contributed by atoms with Crippen LogP contribution in [0.4, 0.5) is 0 Å². The highest BCUT2D eigenvalue weighted by molar-refractivity contribution is 6.13. The Labute approximate surface area is 204 Å². The maximum atomic E-state index is 13.5. The van der Waals surface area contributed by atoms with E-state index in [0.717, 1.165) is 0 Å². The number of aliphatic hydroxyl groups excluding tert-OH is 1. The predicted molar refractivity (Wildman–Crippen MR) is 129 cm³/mol. The molecule has 0 aromatic rings. The molecule has 1 fully saturated rings. The Morgan fingerprint density at radius 1 is 1.20 bits per heavy atom. The number of guanidine groups is 1. The molecule has 13 N–H and O–H groups in total. The average Bonchev–Trinajstić information content (AvgIpc) is 3.28. The van der Waals surface area contributed by atoms with Gasteiger partial charge in [0, 0.05) is 19.1 Å². The van der Waals surface area contributed by atoms with Gasteiger partial charge in [-0.2, -0.15) is 0 Å². The molecule has 14 nitrogen and oxygen atoms in total. The van der Waals surface area contributed by atoms with E-state index < -0.39 is 53.3 Å². The van der Waals surface area contributed by atoms with Crippen molar-refractivity contribution in [1.82, 2.24) is 10.2 Å². The number of carbonyl (C=O) groups excluding carboxylic acids is 3. The van der Waals surface area contributed by atoms with E-state index in [2.05, 4.69) is 10.3 Å². The molecule has 1 rings (SSSR count). The molecule has 5 atom stereocenters. The number of hydrogen-bond acceptors (Lipinski definition) is 9. The number of nitrogens with one attached hydrogen (secondary N) is 1. The van der Waals surface area contributed by atoms with Crippen molar-refractivity contribution in [2.75, 3.05) is 19.6 Å². The van der Waals surface area contributed by atoms with Crippen LogP contribution in [0, 0.1) is 0 Å². The van der Waals surface area contributed by atoms with Crippen LogP contribution in [0.15, 0.2) is 4.99 Å². The molecule has 1 heterocycles. The van der Waals surface area contributed by atoms with E-state index >= 15 is 0 Å². The Kier molecular flexibility index (Phi) is 12.0. The molecule has 1 aliphatic rings. The number of nitrogens with two attached hydrogens (primary N) is 5. The van der Waals surface area contributed by atoms with Gasteiger partial charge < -0.3 is 49.1 Å². The zero-order chi connectivity index (χ0) is 26.8. The van der Waals surface area contributed by atoms with Crippen molar-refractivity contribution in [3.05, 3.63) is 0 Å². The van der Waals surface area contributed by atoms with Crippen LogP contribution in [0.1, 0.15) is 51.9 Å². The van der Waals surface area contributed by atoms with Crippen molar-refractivity contribution in [3.8, 4) is 0 Å². The fourth-order valence-electron chi connectivity index (χ4n) is 3.95. The summed E-state index contributed by atoms with van der Waals surface area (Å²) in [7, 11) is 0. The normalized spacial score (nSPS) is 19.8. The minimum absolute atomic E-state index is 0.0670. The van der Waals surface area contributed by atoms with Gasteiger partial charge in [-0.3, -0.25) is 19.4 Å². The number of aliphatic imine (C=N–C) groups is 1. The molecule has 0 spiro atoms. The van der Waals surface area contributed by atoms with Gasteiger partial charge in [0.2, 0.25) is 5.91 Å². The number of unbranched alkanes of at least 4 members (excludes halogenated alkanes) is 1.